The lowest BCUT2D eigenvalue weighted by molar-refractivity contribution is -0.142. The number of aryl methyl sites for hydroxylation is 2. The molecule has 0 spiro atoms. The van der Waals surface area contributed by atoms with Crippen LogP contribution in [0.4, 0.5) is 21.6 Å². The van der Waals surface area contributed by atoms with E-state index in [1.807, 2.05) is 12.1 Å². The molecule has 5 heterocycles. The molecular weight excluding hydrogens is 605 g/mol. The first-order valence-corrected chi connectivity index (χ1v) is 16.5. The molecule has 7 rings (SSSR count). The maximum absolute atomic E-state index is 15.5. The minimum Gasteiger partial charge on any atom is -0.461 e. The maximum Gasteiger partial charge on any atom is 0.302 e. The van der Waals surface area contributed by atoms with E-state index in [0.29, 0.717) is 41.2 Å². The van der Waals surface area contributed by atoms with E-state index in [2.05, 4.69) is 17.3 Å². The number of pyridine rings is 2. The molecule has 4 aromatic rings. The van der Waals surface area contributed by atoms with Crippen LogP contribution in [0.2, 0.25) is 0 Å². The first-order valence-electron chi connectivity index (χ1n) is 15.7. The molecule has 46 heavy (non-hydrogen) atoms. The molecule has 0 saturated carbocycles. The summed E-state index contributed by atoms with van der Waals surface area (Å²) in [4.78, 5) is 49.9. The number of carbonyl (C=O) groups excluding carboxylic acids is 2. The van der Waals surface area contributed by atoms with Gasteiger partial charge in [-0.1, -0.05) is 6.07 Å². The molecule has 11 heteroatoms. The Labute approximate surface area is 270 Å². The Kier molecular flexibility index (Phi) is 7.98. The number of amides is 1. The highest BCUT2D eigenvalue weighted by atomic mass is 32.1. The summed E-state index contributed by atoms with van der Waals surface area (Å²) >= 11 is 1.56. The molecule has 0 fully saturated rings. The fraction of sp³-hybridized carbons (Fsp3) is 0.371. The third kappa shape index (κ3) is 5.62. The monoisotopic (exact) mass is 641 g/mol. The molecule has 0 radical (unpaired) electrons. The van der Waals surface area contributed by atoms with Gasteiger partial charge in [0.25, 0.3) is 11.5 Å². The van der Waals surface area contributed by atoms with Crippen LogP contribution in [0.1, 0.15) is 62.3 Å². The first-order chi connectivity index (χ1) is 22.2. The van der Waals surface area contributed by atoms with Crippen LogP contribution in [0, 0.1) is 5.82 Å². The lowest BCUT2D eigenvalue weighted by Crippen LogP contribution is -2.38. The van der Waals surface area contributed by atoms with Crippen molar-refractivity contribution in [3.63, 3.8) is 0 Å². The van der Waals surface area contributed by atoms with Crippen molar-refractivity contribution >= 4 is 40.4 Å². The first kappa shape index (κ1) is 30.3. The van der Waals surface area contributed by atoms with Gasteiger partial charge in [0.05, 0.1) is 10.6 Å². The van der Waals surface area contributed by atoms with Gasteiger partial charge in [0.2, 0.25) is 0 Å². The van der Waals surface area contributed by atoms with Crippen LogP contribution in [0.5, 0.6) is 0 Å². The molecular formula is C35H36FN5O4S. The number of rotatable bonds is 6. The molecule has 2 aliphatic heterocycles. The van der Waals surface area contributed by atoms with Crippen LogP contribution in [0.3, 0.4) is 0 Å². The van der Waals surface area contributed by atoms with Gasteiger partial charge in [-0.2, -0.15) is 0 Å². The van der Waals surface area contributed by atoms with E-state index in [4.69, 9.17) is 9.72 Å². The van der Waals surface area contributed by atoms with Gasteiger partial charge < -0.3 is 24.4 Å². The van der Waals surface area contributed by atoms with Gasteiger partial charge in [-0.25, -0.2) is 9.37 Å². The van der Waals surface area contributed by atoms with Gasteiger partial charge in [-0.05, 0) is 85.7 Å². The van der Waals surface area contributed by atoms with Gasteiger partial charge in [0, 0.05) is 67.9 Å². The standard InChI is InChI=1S/C35H36FN5O4S/c1-20(42)45-19-27-26(15-23(36)16-30(27)41-13-10-25-24-6-4-5-7-31(24)46-33(25)35(41)44)22-14-29(34(43)40(3)18-22)38-32-9-8-21-17-39(2)12-11-28(21)37-32/h8-9,14-16,18H,4-7,10-13,17,19H2,1-3H3,(H,37,38). The number of esters is 1. The minimum absolute atomic E-state index is 0.159. The number of halogens is 1. The molecule has 3 aliphatic rings. The third-order valence-corrected chi connectivity index (χ3v) is 10.5. The molecule has 0 saturated heterocycles. The number of hydrogen-bond donors (Lipinski definition) is 1. The van der Waals surface area contributed by atoms with Gasteiger partial charge in [-0.3, -0.25) is 14.4 Å². The van der Waals surface area contributed by atoms with E-state index < -0.39 is 11.8 Å². The number of benzene rings is 1. The SMILES string of the molecule is CC(=O)OCc1c(-c2cc(Nc3ccc4c(n3)CCN(C)C4)c(=O)n(C)c2)cc(F)cc1N1CCc2c(sc3c2CCCC3)C1=O. The van der Waals surface area contributed by atoms with E-state index in [1.165, 1.54) is 34.1 Å². The van der Waals surface area contributed by atoms with Crippen molar-refractivity contribution in [1.29, 1.82) is 0 Å². The van der Waals surface area contributed by atoms with Crippen molar-refractivity contribution in [3.05, 3.63) is 90.4 Å². The van der Waals surface area contributed by atoms with E-state index in [1.54, 1.807) is 35.5 Å². The molecule has 0 atom stereocenters. The van der Waals surface area contributed by atoms with E-state index in [0.717, 1.165) is 66.9 Å². The predicted molar refractivity (Wildman–Crippen MR) is 176 cm³/mol. The number of anilines is 3. The Balaban J connectivity index is 1.29. The number of carbonyl (C=O) groups is 2. The number of fused-ring (bicyclic) bond motifs is 4. The fourth-order valence-corrected chi connectivity index (χ4v) is 8.29. The molecule has 9 nitrogen and oxygen atoms in total. The zero-order valence-corrected chi connectivity index (χ0v) is 27.1. The lowest BCUT2D eigenvalue weighted by Gasteiger charge is -2.30. The average molecular weight is 642 g/mol. The molecule has 1 aliphatic carbocycles. The summed E-state index contributed by atoms with van der Waals surface area (Å²) in [6.07, 6.45) is 7.37. The summed E-state index contributed by atoms with van der Waals surface area (Å²) in [7, 11) is 3.71. The predicted octanol–water partition coefficient (Wildman–Crippen LogP) is 5.52. The Hall–Kier alpha value is -4.35. The summed E-state index contributed by atoms with van der Waals surface area (Å²) < 4.78 is 22.4. The number of aromatic nitrogens is 2. The van der Waals surface area contributed by atoms with Crippen molar-refractivity contribution in [2.75, 3.05) is 30.4 Å². The smallest absolute Gasteiger partial charge is 0.302 e. The number of nitrogens with zero attached hydrogens (tertiary/aromatic N) is 4. The minimum atomic E-state index is -0.537. The van der Waals surface area contributed by atoms with Crippen molar-refractivity contribution in [1.82, 2.24) is 14.5 Å². The highest BCUT2D eigenvalue weighted by Gasteiger charge is 2.34. The number of thiophene rings is 1. The maximum atomic E-state index is 15.5. The van der Waals surface area contributed by atoms with Gasteiger partial charge in [-0.15, -0.1) is 11.3 Å². The number of ether oxygens (including phenoxy) is 1. The summed E-state index contributed by atoms with van der Waals surface area (Å²) in [5.74, 6) is -0.642. The van der Waals surface area contributed by atoms with Gasteiger partial charge in [0.1, 0.15) is 23.9 Å². The second-order valence-corrected chi connectivity index (χ2v) is 13.5. The molecule has 1 aromatic carbocycles. The molecule has 1 N–H and O–H groups in total. The number of likely N-dealkylation sites (N-methyl/N-ethyl adjacent to an activating group) is 1. The van der Waals surface area contributed by atoms with E-state index >= 15 is 4.39 Å². The summed E-state index contributed by atoms with van der Waals surface area (Å²) in [5.41, 5.74) is 6.43. The third-order valence-electron chi connectivity index (χ3n) is 9.20. The van der Waals surface area contributed by atoms with Crippen LogP contribution in [-0.2, 0) is 55.4 Å². The summed E-state index contributed by atoms with van der Waals surface area (Å²) in [5, 5.41) is 3.19. The van der Waals surface area contributed by atoms with Crippen molar-refractivity contribution in [2.45, 2.75) is 58.6 Å². The number of hydrogen-bond acceptors (Lipinski definition) is 8. The normalized spacial score (nSPS) is 16.1. The molecule has 3 aromatic heterocycles. The van der Waals surface area contributed by atoms with Crippen LogP contribution in [0.25, 0.3) is 11.1 Å². The summed E-state index contributed by atoms with van der Waals surface area (Å²) in [6, 6.07) is 8.25. The Bertz CT molecular complexity index is 1950. The van der Waals surface area contributed by atoms with Crippen molar-refractivity contribution in [2.24, 2.45) is 7.05 Å². The molecule has 238 valence electrons. The van der Waals surface area contributed by atoms with Gasteiger partial charge >= 0.3 is 5.97 Å². The highest BCUT2D eigenvalue weighted by molar-refractivity contribution is 7.14. The van der Waals surface area contributed by atoms with Crippen molar-refractivity contribution in [3.8, 4) is 11.1 Å². The van der Waals surface area contributed by atoms with Crippen LogP contribution < -0.4 is 15.8 Å². The average Bonchev–Trinajstić information content (AvgIpc) is 3.42. The van der Waals surface area contributed by atoms with Gasteiger partial charge in [0.15, 0.2) is 0 Å². The zero-order chi connectivity index (χ0) is 32.1. The van der Waals surface area contributed by atoms with E-state index in [9.17, 15) is 14.4 Å². The largest absolute Gasteiger partial charge is 0.461 e. The van der Waals surface area contributed by atoms with Crippen LogP contribution in [-0.4, -0.2) is 46.5 Å². The second-order valence-electron chi connectivity index (χ2n) is 12.4. The lowest BCUT2D eigenvalue weighted by atomic mass is 9.91. The Morgan fingerprint density at radius 1 is 1.04 bits per heavy atom. The quantitative estimate of drug-likeness (QED) is 0.277. The number of nitrogens with one attached hydrogen (secondary N) is 1. The molecule has 1 amide bonds. The Morgan fingerprint density at radius 2 is 1.87 bits per heavy atom. The second kappa shape index (κ2) is 12.1. The van der Waals surface area contributed by atoms with Crippen LogP contribution in [0.15, 0.2) is 41.3 Å². The summed E-state index contributed by atoms with van der Waals surface area (Å²) in [6.45, 7) is 3.27. The Morgan fingerprint density at radius 3 is 2.70 bits per heavy atom. The molecule has 0 unspecified atom stereocenters. The fourth-order valence-electron chi connectivity index (χ4n) is 6.91. The van der Waals surface area contributed by atoms with Crippen molar-refractivity contribution < 1.29 is 18.7 Å². The zero-order valence-electron chi connectivity index (χ0n) is 26.2. The topological polar surface area (TPSA) is 96.8 Å². The van der Waals surface area contributed by atoms with Crippen LogP contribution >= 0.6 is 11.3 Å². The highest BCUT2D eigenvalue weighted by Crippen LogP contribution is 2.41. The van der Waals surface area contributed by atoms with E-state index in [-0.39, 0.29) is 23.8 Å². The molecule has 0 bridgehead atoms.